The summed E-state index contributed by atoms with van der Waals surface area (Å²) in [6.07, 6.45) is 10.5. The second kappa shape index (κ2) is 6.23. The van der Waals surface area contributed by atoms with Gasteiger partial charge in [0.1, 0.15) is 0 Å². The van der Waals surface area contributed by atoms with Crippen molar-refractivity contribution in [3.63, 3.8) is 0 Å². The lowest BCUT2D eigenvalue weighted by Crippen LogP contribution is -2.25. The van der Waals surface area contributed by atoms with Gasteiger partial charge < -0.3 is 5.11 Å². The molecule has 1 heterocycles. The fourth-order valence-electron chi connectivity index (χ4n) is 3.05. The number of hydrogen-bond donors (Lipinski definition) is 1. The van der Waals surface area contributed by atoms with Crippen molar-refractivity contribution in [3.8, 4) is 11.1 Å². The molecule has 1 saturated carbocycles. The molecule has 106 valence electrons. The highest BCUT2D eigenvalue weighted by Gasteiger charge is 2.23. The lowest BCUT2D eigenvalue weighted by atomic mass is 9.94. The van der Waals surface area contributed by atoms with E-state index in [2.05, 4.69) is 23.4 Å². The molecule has 0 bridgehead atoms. The molecule has 1 N–H and O–H groups in total. The summed E-state index contributed by atoms with van der Waals surface area (Å²) in [4.78, 5) is 0. The molecule has 0 radical (unpaired) electrons. The van der Waals surface area contributed by atoms with Crippen LogP contribution in [0.1, 0.15) is 44.6 Å². The van der Waals surface area contributed by atoms with Crippen molar-refractivity contribution in [2.24, 2.45) is 0 Å². The lowest BCUT2D eigenvalue weighted by molar-refractivity contribution is 0.0826. The van der Waals surface area contributed by atoms with Crippen LogP contribution in [0, 0.1) is 0 Å². The zero-order chi connectivity index (χ0) is 13.8. The highest BCUT2D eigenvalue weighted by atomic mass is 16.3. The third-order valence-electron chi connectivity index (χ3n) is 4.24. The number of aliphatic hydroxyl groups is 1. The first-order valence-electron chi connectivity index (χ1n) is 7.62. The summed E-state index contributed by atoms with van der Waals surface area (Å²) in [5.74, 6) is 0. The molecule has 3 rings (SSSR count). The highest BCUT2D eigenvalue weighted by Crippen LogP contribution is 2.28. The lowest BCUT2D eigenvalue weighted by Gasteiger charge is -2.25. The van der Waals surface area contributed by atoms with E-state index in [-0.39, 0.29) is 12.1 Å². The van der Waals surface area contributed by atoms with E-state index in [1.165, 1.54) is 24.8 Å². The van der Waals surface area contributed by atoms with E-state index in [0.29, 0.717) is 0 Å². The smallest absolute Gasteiger partial charge is 0.0778 e. The van der Waals surface area contributed by atoms with E-state index >= 15 is 0 Å². The van der Waals surface area contributed by atoms with Crippen LogP contribution in [-0.2, 0) is 0 Å². The van der Waals surface area contributed by atoms with Crippen molar-refractivity contribution in [1.82, 2.24) is 9.78 Å². The van der Waals surface area contributed by atoms with Crippen LogP contribution >= 0.6 is 0 Å². The van der Waals surface area contributed by atoms with Gasteiger partial charge in [0.05, 0.1) is 18.3 Å². The molecule has 1 aliphatic rings. The third-order valence-corrected chi connectivity index (χ3v) is 4.24. The monoisotopic (exact) mass is 270 g/mol. The van der Waals surface area contributed by atoms with Crippen LogP contribution in [0.3, 0.4) is 0 Å². The van der Waals surface area contributed by atoms with Crippen molar-refractivity contribution in [3.05, 3.63) is 42.7 Å². The van der Waals surface area contributed by atoms with Crippen LogP contribution in [0.5, 0.6) is 0 Å². The summed E-state index contributed by atoms with van der Waals surface area (Å²) in [5, 5.41) is 14.8. The molecule has 2 unspecified atom stereocenters. The Balaban J connectivity index is 1.81. The molecule has 1 aliphatic carbocycles. The summed E-state index contributed by atoms with van der Waals surface area (Å²) in [6.45, 7) is 0. The summed E-state index contributed by atoms with van der Waals surface area (Å²) < 4.78 is 1.97. The first-order valence-corrected chi connectivity index (χ1v) is 7.62. The topological polar surface area (TPSA) is 38.0 Å². The predicted molar refractivity (Wildman–Crippen MR) is 80.4 cm³/mol. The minimum atomic E-state index is -0.265. The Morgan fingerprint density at radius 2 is 1.70 bits per heavy atom. The molecule has 20 heavy (non-hydrogen) atoms. The Labute approximate surface area is 120 Å². The summed E-state index contributed by atoms with van der Waals surface area (Å²) in [7, 11) is 0. The molecular weight excluding hydrogens is 248 g/mol. The molecule has 0 amide bonds. The van der Waals surface area contributed by atoms with E-state index in [1.54, 1.807) is 0 Å². The quantitative estimate of drug-likeness (QED) is 0.901. The highest BCUT2D eigenvalue weighted by molar-refractivity contribution is 5.61. The molecule has 2 aromatic rings. The van der Waals surface area contributed by atoms with Gasteiger partial charge in [-0.2, -0.15) is 5.10 Å². The van der Waals surface area contributed by atoms with Crippen LogP contribution in [-0.4, -0.2) is 21.0 Å². The third kappa shape index (κ3) is 2.93. The Morgan fingerprint density at radius 1 is 0.950 bits per heavy atom. The van der Waals surface area contributed by atoms with Crippen LogP contribution in [0.15, 0.2) is 42.7 Å². The molecule has 3 heteroatoms. The maximum Gasteiger partial charge on any atom is 0.0778 e. The number of aromatic nitrogens is 2. The Kier molecular flexibility index (Phi) is 4.16. The average Bonchev–Trinajstić information content (AvgIpc) is 2.94. The minimum Gasteiger partial charge on any atom is -0.391 e. The Hall–Kier alpha value is -1.61. The minimum absolute atomic E-state index is 0.132. The van der Waals surface area contributed by atoms with Crippen LogP contribution in [0.25, 0.3) is 11.1 Å². The molecule has 0 aliphatic heterocycles. The fraction of sp³-hybridized carbons (Fsp3) is 0.471. The van der Waals surface area contributed by atoms with Crippen molar-refractivity contribution in [2.45, 2.75) is 50.7 Å². The summed E-state index contributed by atoms with van der Waals surface area (Å²) >= 11 is 0. The predicted octanol–water partition coefficient (Wildman–Crippen LogP) is 3.81. The van der Waals surface area contributed by atoms with Gasteiger partial charge in [-0.1, -0.05) is 56.0 Å². The number of hydrogen-bond acceptors (Lipinski definition) is 2. The number of benzene rings is 1. The van der Waals surface area contributed by atoms with Crippen molar-refractivity contribution >= 4 is 0 Å². The largest absolute Gasteiger partial charge is 0.391 e. The molecule has 3 nitrogen and oxygen atoms in total. The van der Waals surface area contributed by atoms with Gasteiger partial charge in [-0.3, -0.25) is 4.68 Å². The van der Waals surface area contributed by atoms with E-state index in [0.717, 1.165) is 24.8 Å². The van der Waals surface area contributed by atoms with Crippen LogP contribution in [0.4, 0.5) is 0 Å². The second-order valence-corrected chi connectivity index (χ2v) is 5.70. The molecule has 1 aromatic carbocycles. The second-order valence-electron chi connectivity index (χ2n) is 5.70. The Morgan fingerprint density at radius 3 is 2.50 bits per heavy atom. The van der Waals surface area contributed by atoms with Crippen LogP contribution in [0.2, 0.25) is 0 Å². The number of aliphatic hydroxyl groups excluding tert-OH is 1. The maximum absolute atomic E-state index is 10.3. The molecular formula is C17H22N2O. The molecule has 1 aromatic heterocycles. The van der Waals surface area contributed by atoms with Gasteiger partial charge >= 0.3 is 0 Å². The van der Waals surface area contributed by atoms with E-state index in [1.807, 2.05) is 29.1 Å². The van der Waals surface area contributed by atoms with E-state index < -0.39 is 0 Å². The maximum atomic E-state index is 10.3. The van der Waals surface area contributed by atoms with Gasteiger partial charge in [-0.15, -0.1) is 0 Å². The average molecular weight is 270 g/mol. The molecule has 1 fully saturated rings. The molecule has 0 spiro atoms. The van der Waals surface area contributed by atoms with Gasteiger partial charge in [0.25, 0.3) is 0 Å². The van der Waals surface area contributed by atoms with E-state index in [4.69, 9.17) is 0 Å². The standard InChI is InChI=1S/C17H22N2O/c20-17-11-7-2-1-6-10-16(17)19-13-15(12-18-19)14-8-4-3-5-9-14/h3-5,8-9,12-13,16-17,20H,1-2,6-7,10-11H2. The number of rotatable bonds is 2. The summed E-state index contributed by atoms with van der Waals surface area (Å²) in [6, 6.07) is 10.4. The normalized spacial score (nSPS) is 24.1. The van der Waals surface area contributed by atoms with Gasteiger partial charge in [0, 0.05) is 11.8 Å². The fourth-order valence-corrected chi connectivity index (χ4v) is 3.05. The Bertz CT molecular complexity index is 535. The van der Waals surface area contributed by atoms with Gasteiger partial charge in [-0.25, -0.2) is 0 Å². The first-order chi connectivity index (χ1) is 9.84. The van der Waals surface area contributed by atoms with Crippen molar-refractivity contribution in [2.75, 3.05) is 0 Å². The number of nitrogens with zero attached hydrogens (tertiary/aromatic N) is 2. The zero-order valence-electron chi connectivity index (χ0n) is 11.8. The van der Waals surface area contributed by atoms with Crippen molar-refractivity contribution < 1.29 is 5.11 Å². The van der Waals surface area contributed by atoms with Crippen LogP contribution < -0.4 is 0 Å². The first kappa shape index (κ1) is 13.4. The van der Waals surface area contributed by atoms with Gasteiger partial charge in [-0.05, 0) is 18.4 Å². The van der Waals surface area contributed by atoms with Gasteiger partial charge in [0.15, 0.2) is 0 Å². The summed E-state index contributed by atoms with van der Waals surface area (Å²) in [5.41, 5.74) is 2.30. The van der Waals surface area contributed by atoms with E-state index in [9.17, 15) is 5.11 Å². The molecule has 0 saturated heterocycles. The SMILES string of the molecule is OC1CCCCCCC1n1cc(-c2ccccc2)cn1. The van der Waals surface area contributed by atoms with Gasteiger partial charge in [0.2, 0.25) is 0 Å². The molecule has 2 atom stereocenters. The zero-order valence-corrected chi connectivity index (χ0v) is 11.8. The van der Waals surface area contributed by atoms with Crippen molar-refractivity contribution in [1.29, 1.82) is 0 Å².